The highest BCUT2D eigenvalue weighted by atomic mass is 16.2. The number of hydrogen-bond acceptors (Lipinski definition) is 2. The Kier molecular flexibility index (Phi) is 1.60. The van der Waals surface area contributed by atoms with Crippen molar-refractivity contribution < 1.29 is 4.79 Å². The average molecular weight is 154 g/mol. The van der Waals surface area contributed by atoms with Crippen LogP contribution in [0.3, 0.4) is 0 Å². The highest BCUT2D eigenvalue weighted by molar-refractivity contribution is 5.81. The van der Waals surface area contributed by atoms with Crippen LogP contribution in [0.1, 0.15) is 19.3 Å². The first kappa shape index (κ1) is 7.10. The summed E-state index contributed by atoms with van der Waals surface area (Å²) in [6.07, 6.45) is 3.19. The largest absolute Gasteiger partial charge is 0.341 e. The maximum Gasteiger partial charge on any atom is 0.225 e. The molecule has 1 atom stereocenters. The van der Waals surface area contributed by atoms with Crippen LogP contribution in [0.15, 0.2) is 0 Å². The molecule has 11 heavy (non-hydrogen) atoms. The molecule has 3 heteroatoms. The SMILES string of the molecule is N[C@@H]1CCN(C(=O)C2CC2)C1. The predicted molar refractivity (Wildman–Crippen MR) is 41.9 cm³/mol. The van der Waals surface area contributed by atoms with E-state index in [9.17, 15) is 4.79 Å². The molecule has 2 aliphatic rings. The van der Waals surface area contributed by atoms with Gasteiger partial charge in [-0.15, -0.1) is 0 Å². The number of carbonyl (C=O) groups excluding carboxylic acids is 1. The van der Waals surface area contributed by atoms with E-state index in [4.69, 9.17) is 5.73 Å². The lowest BCUT2D eigenvalue weighted by Gasteiger charge is -2.14. The van der Waals surface area contributed by atoms with Gasteiger partial charge >= 0.3 is 0 Å². The number of likely N-dealkylation sites (tertiary alicyclic amines) is 1. The van der Waals surface area contributed by atoms with E-state index in [0.717, 1.165) is 32.4 Å². The summed E-state index contributed by atoms with van der Waals surface area (Å²) in [5.74, 6) is 0.707. The molecule has 2 rings (SSSR count). The summed E-state index contributed by atoms with van der Waals surface area (Å²) in [6, 6.07) is 0.234. The second-order valence-electron chi connectivity index (χ2n) is 3.61. The van der Waals surface area contributed by atoms with Crippen LogP contribution in [0, 0.1) is 5.92 Å². The predicted octanol–water partition coefficient (Wildman–Crippen LogP) is -0.0440. The van der Waals surface area contributed by atoms with Gasteiger partial charge in [-0.1, -0.05) is 0 Å². The molecule has 0 aromatic carbocycles. The summed E-state index contributed by atoms with van der Waals surface area (Å²) in [5, 5.41) is 0. The van der Waals surface area contributed by atoms with Gasteiger partial charge in [0.2, 0.25) is 5.91 Å². The average Bonchev–Trinajstić information content (AvgIpc) is 2.74. The fourth-order valence-corrected chi connectivity index (χ4v) is 1.58. The van der Waals surface area contributed by atoms with E-state index in [1.54, 1.807) is 0 Å². The second-order valence-corrected chi connectivity index (χ2v) is 3.61. The van der Waals surface area contributed by atoms with Crippen molar-refractivity contribution in [3.8, 4) is 0 Å². The fraction of sp³-hybridized carbons (Fsp3) is 0.875. The quantitative estimate of drug-likeness (QED) is 0.576. The van der Waals surface area contributed by atoms with Gasteiger partial charge in [0.25, 0.3) is 0 Å². The normalized spacial score (nSPS) is 31.0. The van der Waals surface area contributed by atoms with Crippen LogP contribution in [0.5, 0.6) is 0 Å². The minimum absolute atomic E-state index is 0.234. The molecule has 0 aromatic heterocycles. The molecule has 2 fully saturated rings. The van der Waals surface area contributed by atoms with Gasteiger partial charge in [-0.05, 0) is 19.3 Å². The van der Waals surface area contributed by atoms with Crippen molar-refractivity contribution in [2.45, 2.75) is 25.3 Å². The molecule has 0 spiro atoms. The van der Waals surface area contributed by atoms with Crippen LogP contribution >= 0.6 is 0 Å². The summed E-state index contributed by atoms with van der Waals surface area (Å²) < 4.78 is 0. The number of hydrogen-bond donors (Lipinski definition) is 1. The molecule has 1 amide bonds. The third kappa shape index (κ3) is 1.38. The molecule has 1 heterocycles. The zero-order valence-electron chi connectivity index (χ0n) is 6.62. The maximum absolute atomic E-state index is 11.4. The lowest BCUT2D eigenvalue weighted by Crippen LogP contribution is -2.32. The number of nitrogens with zero attached hydrogens (tertiary/aromatic N) is 1. The van der Waals surface area contributed by atoms with Crippen LogP contribution in [0.2, 0.25) is 0 Å². The number of carbonyl (C=O) groups is 1. The highest BCUT2D eigenvalue weighted by Gasteiger charge is 2.35. The van der Waals surface area contributed by atoms with Gasteiger partial charge in [0, 0.05) is 25.0 Å². The van der Waals surface area contributed by atoms with Crippen LogP contribution in [-0.2, 0) is 4.79 Å². The first-order chi connectivity index (χ1) is 5.27. The first-order valence-corrected chi connectivity index (χ1v) is 4.32. The molecule has 0 bridgehead atoms. The molecular formula is C8H14N2O. The summed E-state index contributed by atoms with van der Waals surface area (Å²) in [4.78, 5) is 13.3. The first-order valence-electron chi connectivity index (χ1n) is 4.32. The minimum Gasteiger partial charge on any atom is -0.341 e. The Bertz CT molecular complexity index is 177. The van der Waals surface area contributed by atoms with Crippen LogP contribution in [-0.4, -0.2) is 29.9 Å². The van der Waals surface area contributed by atoms with Crippen molar-refractivity contribution in [1.82, 2.24) is 4.90 Å². The summed E-state index contributed by atoms with van der Waals surface area (Å²) in [5.41, 5.74) is 5.69. The van der Waals surface area contributed by atoms with Gasteiger partial charge in [0.05, 0.1) is 0 Å². The van der Waals surface area contributed by atoms with E-state index < -0.39 is 0 Å². The summed E-state index contributed by atoms with van der Waals surface area (Å²) in [6.45, 7) is 1.67. The molecule has 1 aliphatic carbocycles. The summed E-state index contributed by atoms with van der Waals surface area (Å²) >= 11 is 0. The monoisotopic (exact) mass is 154 g/mol. The Balaban J connectivity index is 1.89. The van der Waals surface area contributed by atoms with Crippen molar-refractivity contribution >= 4 is 5.91 Å². The van der Waals surface area contributed by atoms with Crippen molar-refractivity contribution in [3.63, 3.8) is 0 Å². The van der Waals surface area contributed by atoms with Crippen molar-refractivity contribution in [1.29, 1.82) is 0 Å². The zero-order valence-corrected chi connectivity index (χ0v) is 6.62. The topological polar surface area (TPSA) is 46.3 Å². The van der Waals surface area contributed by atoms with Gasteiger partial charge in [-0.3, -0.25) is 4.79 Å². The Morgan fingerprint density at radius 1 is 1.36 bits per heavy atom. The Labute approximate surface area is 66.5 Å². The number of amides is 1. The van der Waals surface area contributed by atoms with Gasteiger partial charge in [0.1, 0.15) is 0 Å². The number of rotatable bonds is 1. The third-order valence-electron chi connectivity index (χ3n) is 2.46. The van der Waals surface area contributed by atoms with E-state index in [0.29, 0.717) is 11.8 Å². The lowest BCUT2D eigenvalue weighted by molar-refractivity contribution is -0.131. The molecule has 1 saturated carbocycles. The molecule has 2 N–H and O–H groups in total. The lowest BCUT2D eigenvalue weighted by atomic mass is 10.3. The van der Waals surface area contributed by atoms with Gasteiger partial charge < -0.3 is 10.6 Å². The second kappa shape index (κ2) is 2.48. The molecule has 0 aromatic rings. The third-order valence-corrected chi connectivity index (χ3v) is 2.46. The van der Waals surface area contributed by atoms with E-state index in [1.165, 1.54) is 0 Å². The Hall–Kier alpha value is -0.570. The number of nitrogens with two attached hydrogens (primary N) is 1. The van der Waals surface area contributed by atoms with E-state index in [-0.39, 0.29) is 6.04 Å². The maximum atomic E-state index is 11.4. The standard InChI is InChI=1S/C8H14N2O/c9-7-3-4-10(5-7)8(11)6-1-2-6/h6-7H,1-5,9H2/t7-/m1/s1. The Morgan fingerprint density at radius 3 is 2.55 bits per heavy atom. The molecule has 3 nitrogen and oxygen atoms in total. The van der Waals surface area contributed by atoms with Crippen molar-refractivity contribution in [2.75, 3.05) is 13.1 Å². The smallest absolute Gasteiger partial charge is 0.225 e. The fourth-order valence-electron chi connectivity index (χ4n) is 1.58. The molecular weight excluding hydrogens is 140 g/mol. The van der Waals surface area contributed by atoms with Crippen LogP contribution in [0.25, 0.3) is 0 Å². The highest BCUT2D eigenvalue weighted by Crippen LogP contribution is 2.31. The molecule has 0 unspecified atom stereocenters. The van der Waals surface area contributed by atoms with E-state index in [2.05, 4.69) is 0 Å². The molecule has 1 saturated heterocycles. The minimum atomic E-state index is 0.234. The summed E-state index contributed by atoms with van der Waals surface area (Å²) in [7, 11) is 0. The van der Waals surface area contributed by atoms with E-state index >= 15 is 0 Å². The van der Waals surface area contributed by atoms with Crippen LogP contribution in [0.4, 0.5) is 0 Å². The molecule has 62 valence electrons. The van der Waals surface area contributed by atoms with Crippen molar-refractivity contribution in [3.05, 3.63) is 0 Å². The van der Waals surface area contributed by atoms with Gasteiger partial charge in [0.15, 0.2) is 0 Å². The van der Waals surface area contributed by atoms with Crippen molar-refractivity contribution in [2.24, 2.45) is 11.7 Å². The van der Waals surface area contributed by atoms with Gasteiger partial charge in [-0.25, -0.2) is 0 Å². The molecule has 0 radical (unpaired) electrons. The Morgan fingerprint density at radius 2 is 2.09 bits per heavy atom. The van der Waals surface area contributed by atoms with E-state index in [1.807, 2.05) is 4.90 Å². The zero-order chi connectivity index (χ0) is 7.84. The van der Waals surface area contributed by atoms with Gasteiger partial charge in [-0.2, -0.15) is 0 Å². The molecule has 1 aliphatic heterocycles. The van der Waals surface area contributed by atoms with Crippen LogP contribution < -0.4 is 5.73 Å².